The van der Waals surface area contributed by atoms with Gasteiger partial charge in [0.2, 0.25) is 0 Å². The summed E-state index contributed by atoms with van der Waals surface area (Å²) in [6.45, 7) is 8.10. The number of hydrogen-bond donors (Lipinski definition) is 2. The topological polar surface area (TPSA) is 107 Å². The number of carbonyl (C=O) groups is 3. The Bertz CT molecular complexity index is 987. The van der Waals surface area contributed by atoms with Gasteiger partial charge >= 0.3 is 11.9 Å². The van der Waals surface area contributed by atoms with Crippen LogP contribution in [0.25, 0.3) is 0 Å². The molecule has 1 atom stereocenters. The van der Waals surface area contributed by atoms with Crippen LogP contribution in [0.15, 0.2) is 66.7 Å². The molecule has 0 saturated carbocycles. The van der Waals surface area contributed by atoms with Crippen LogP contribution in [-0.2, 0) is 24.7 Å². The van der Waals surface area contributed by atoms with Gasteiger partial charge < -0.3 is 24.7 Å². The van der Waals surface area contributed by atoms with Gasteiger partial charge in [0.1, 0.15) is 0 Å². The van der Waals surface area contributed by atoms with Crippen LogP contribution >= 0.6 is 0 Å². The van der Waals surface area contributed by atoms with Crippen molar-refractivity contribution in [3.63, 3.8) is 0 Å². The van der Waals surface area contributed by atoms with Gasteiger partial charge in [-0.2, -0.15) is 0 Å². The highest BCUT2D eigenvalue weighted by Gasteiger charge is 2.52. The summed E-state index contributed by atoms with van der Waals surface area (Å²) >= 11 is 0. The third-order valence-corrected chi connectivity index (χ3v) is 5.73. The minimum atomic E-state index is -1.26. The molecule has 0 bridgehead atoms. The monoisotopic (exact) mass is 468 g/mol. The van der Waals surface area contributed by atoms with E-state index in [1.54, 1.807) is 7.11 Å². The number of ether oxygens (including phenoxy) is 1. The predicted molar refractivity (Wildman–Crippen MR) is 130 cm³/mol. The van der Waals surface area contributed by atoms with Gasteiger partial charge in [0, 0.05) is 31.4 Å². The SMILES string of the molecule is CCN(CC)CCCN1C(=O)C(OC)(c2ccccc2)c2ccccc21.O=C(O)C=CC(=O)O. The molecule has 3 rings (SSSR count). The van der Waals surface area contributed by atoms with Crippen LogP contribution in [0.5, 0.6) is 0 Å². The lowest BCUT2D eigenvalue weighted by molar-refractivity contribution is -0.135. The lowest BCUT2D eigenvalue weighted by Crippen LogP contribution is -2.43. The Labute approximate surface area is 200 Å². The van der Waals surface area contributed by atoms with Crippen molar-refractivity contribution in [3.05, 3.63) is 77.9 Å². The zero-order valence-electron chi connectivity index (χ0n) is 19.8. The number of nitrogens with zero attached hydrogens (tertiary/aromatic N) is 2. The van der Waals surface area contributed by atoms with E-state index >= 15 is 0 Å². The first-order valence-electron chi connectivity index (χ1n) is 11.2. The Hall–Kier alpha value is -3.49. The van der Waals surface area contributed by atoms with E-state index in [0.29, 0.717) is 18.7 Å². The van der Waals surface area contributed by atoms with E-state index in [1.165, 1.54) is 0 Å². The van der Waals surface area contributed by atoms with E-state index in [2.05, 4.69) is 18.7 Å². The molecule has 0 spiro atoms. The second-order valence-corrected chi connectivity index (χ2v) is 7.62. The van der Waals surface area contributed by atoms with Crippen LogP contribution in [0.4, 0.5) is 5.69 Å². The summed E-state index contributed by atoms with van der Waals surface area (Å²) in [5.41, 5.74) is 1.73. The first-order valence-corrected chi connectivity index (χ1v) is 11.2. The highest BCUT2D eigenvalue weighted by atomic mass is 16.5. The number of methoxy groups -OCH3 is 1. The number of hydrogen-bond acceptors (Lipinski definition) is 5. The van der Waals surface area contributed by atoms with Crippen molar-refractivity contribution in [1.29, 1.82) is 0 Å². The molecule has 1 aliphatic rings. The Morgan fingerprint density at radius 3 is 2.06 bits per heavy atom. The van der Waals surface area contributed by atoms with Gasteiger partial charge in [-0.05, 0) is 37.7 Å². The van der Waals surface area contributed by atoms with Crippen molar-refractivity contribution in [1.82, 2.24) is 4.90 Å². The molecule has 8 heteroatoms. The molecule has 2 aromatic carbocycles. The molecule has 1 heterocycles. The van der Waals surface area contributed by atoms with Crippen LogP contribution in [0, 0.1) is 0 Å². The smallest absolute Gasteiger partial charge is 0.328 e. The Morgan fingerprint density at radius 1 is 0.971 bits per heavy atom. The normalized spacial score (nSPS) is 16.9. The van der Waals surface area contributed by atoms with Gasteiger partial charge in [-0.15, -0.1) is 0 Å². The van der Waals surface area contributed by atoms with Gasteiger partial charge in [-0.3, -0.25) is 4.79 Å². The van der Waals surface area contributed by atoms with E-state index in [1.807, 2.05) is 59.5 Å². The predicted octanol–water partition coefficient (Wildman–Crippen LogP) is 3.37. The third-order valence-electron chi connectivity index (χ3n) is 5.73. The van der Waals surface area contributed by atoms with E-state index < -0.39 is 17.5 Å². The molecule has 182 valence electrons. The Balaban J connectivity index is 0.000000440. The number of fused-ring (bicyclic) bond motifs is 1. The van der Waals surface area contributed by atoms with E-state index in [0.717, 1.165) is 42.9 Å². The summed E-state index contributed by atoms with van der Waals surface area (Å²) in [7, 11) is 1.63. The molecule has 0 fully saturated rings. The van der Waals surface area contributed by atoms with Crippen LogP contribution < -0.4 is 4.90 Å². The van der Waals surface area contributed by atoms with Gasteiger partial charge in [-0.1, -0.05) is 62.4 Å². The molecule has 0 aliphatic carbocycles. The van der Waals surface area contributed by atoms with Gasteiger partial charge in [0.25, 0.3) is 5.91 Å². The van der Waals surface area contributed by atoms with Crippen LogP contribution in [-0.4, -0.2) is 66.2 Å². The standard InChI is InChI=1S/C22H28N2O2.C4H4O4/c1-4-23(5-2)16-11-17-24-20-15-10-9-14-19(20)22(26-3,21(24)25)18-12-7-6-8-13-18;5-3(6)1-2-4(7)8/h6-10,12-15H,4-5,11,16-17H2,1-3H3;1-2H,(H,5,6)(H,7,8). The number of benzene rings is 2. The summed E-state index contributed by atoms with van der Waals surface area (Å²) in [5.74, 6) is -2.51. The van der Waals surface area contributed by atoms with Gasteiger partial charge in [0.15, 0.2) is 5.60 Å². The highest BCUT2D eigenvalue weighted by molar-refractivity contribution is 6.09. The molecule has 0 saturated heterocycles. The fourth-order valence-corrected chi connectivity index (χ4v) is 4.05. The van der Waals surface area contributed by atoms with Crippen molar-refractivity contribution in [2.75, 3.05) is 38.2 Å². The molecular formula is C26H32N2O6. The number of carbonyl (C=O) groups excluding carboxylic acids is 1. The van der Waals surface area contributed by atoms with Crippen LogP contribution in [0.1, 0.15) is 31.4 Å². The lowest BCUT2D eigenvalue weighted by atomic mass is 9.87. The minimum absolute atomic E-state index is 0.00643. The quantitative estimate of drug-likeness (QED) is 0.515. The minimum Gasteiger partial charge on any atom is -0.478 e. The van der Waals surface area contributed by atoms with Gasteiger partial charge in [-0.25, -0.2) is 9.59 Å². The molecule has 0 radical (unpaired) electrons. The number of rotatable bonds is 10. The second-order valence-electron chi connectivity index (χ2n) is 7.62. The maximum Gasteiger partial charge on any atom is 0.328 e. The summed E-state index contributed by atoms with van der Waals surface area (Å²) in [5, 5.41) is 15.6. The van der Waals surface area contributed by atoms with Crippen molar-refractivity contribution in [2.45, 2.75) is 25.9 Å². The molecule has 34 heavy (non-hydrogen) atoms. The Morgan fingerprint density at radius 2 is 1.53 bits per heavy atom. The number of aliphatic carboxylic acids is 2. The van der Waals surface area contributed by atoms with E-state index in [4.69, 9.17) is 14.9 Å². The summed E-state index contributed by atoms with van der Waals surface area (Å²) in [6, 6.07) is 17.8. The molecule has 1 amide bonds. The summed E-state index contributed by atoms with van der Waals surface area (Å²) in [6.07, 6.45) is 2.06. The first-order chi connectivity index (χ1) is 16.3. The first kappa shape index (κ1) is 26.8. The summed E-state index contributed by atoms with van der Waals surface area (Å²) in [4.78, 5) is 36.9. The van der Waals surface area contributed by atoms with Crippen LogP contribution in [0.2, 0.25) is 0 Å². The maximum atomic E-state index is 13.5. The summed E-state index contributed by atoms with van der Waals surface area (Å²) < 4.78 is 5.92. The molecule has 2 aromatic rings. The molecule has 1 unspecified atom stereocenters. The van der Waals surface area contributed by atoms with Crippen LogP contribution in [0.3, 0.4) is 0 Å². The number of para-hydroxylation sites is 1. The molecule has 8 nitrogen and oxygen atoms in total. The molecule has 0 aromatic heterocycles. The van der Waals surface area contributed by atoms with Crippen molar-refractivity contribution >= 4 is 23.5 Å². The average Bonchev–Trinajstić information content (AvgIpc) is 3.09. The zero-order chi connectivity index (χ0) is 25.1. The molecule has 2 N–H and O–H groups in total. The maximum absolute atomic E-state index is 13.5. The number of carboxylic acids is 2. The zero-order valence-corrected chi connectivity index (χ0v) is 19.8. The molecule has 1 aliphatic heterocycles. The fraction of sp³-hybridized carbons (Fsp3) is 0.346. The second kappa shape index (κ2) is 12.7. The number of amides is 1. The third kappa shape index (κ3) is 6.09. The van der Waals surface area contributed by atoms with E-state index in [9.17, 15) is 14.4 Å². The highest BCUT2D eigenvalue weighted by Crippen LogP contribution is 2.46. The van der Waals surface area contributed by atoms with Crippen molar-refractivity contribution < 1.29 is 29.3 Å². The fourth-order valence-electron chi connectivity index (χ4n) is 4.05. The Kier molecular flexibility index (Phi) is 9.97. The van der Waals surface area contributed by atoms with E-state index in [-0.39, 0.29) is 5.91 Å². The number of anilines is 1. The largest absolute Gasteiger partial charge is 0.478 e. The lowest BCUT2D eigenvalue weighted by Gasteiger charge is -2.28. The average molecular weight is 469 g/mol. The van der Waals surface area contributed by atoms with Crippen molar-refractivity contribution in [2.24, 2.45) is 0 Å². The number of carboxylic acid groups (broad SMARTS) is 2. The molecular weight excluding hydrogens is 436 g/mol. The van der Waals surface area contributed by atoms with Crippen molar-refractivity contribution in [3.8, 4) is 0 Å². The van der Waals surface area contributed by atoms with Gasteiger partial charge in [0.05, 0.1) is 5.69 Å².